The molecule has 0 atom stereocenters. The molecule has 10 heteroatoms. The first-order valence-electron chi connectivity index (χ1n) is 6.24. The summed E-state index contributed by atoms with van der Waals surface area (Å²) in [7, 11) is 0. The van der Waals surface area contributed by atoms with Gasteiger partial charge in [-0.3, -0.25) is 4.57 Å². The maximum absolute atomic E-state index is 13.8. The number of benzene rings is 1. The van der Waals surface area contributed by atoms with Gasteiger partial charge in [-0.2, -0.15) is 17.9 Å². The zero-order valence-electron chi connectivity index (χ0n) is 10.9. The molecule has 0 bridgehead atoms. The minimum absolute atomic E-state index is 0.207. The molecule has 5 nitrogen and oxygen atoms in total. The molecule has 1 saturated carbocycles. The van der Waals surface area contributed by atoms with Crippen molar-refractivity contribution in [1.82, 2.24) is 14.3 Å². The van der Waals surface area contributed by atoms with E-state index in [1.807, 2.05) is 0 Å². The second-order valence-corrected chi connectivity index (χ2v) is 4.94. The summed E-state index contributed by atoms with van der Waals surface area (Å²) in [5.41, 5.74) is 2.75. The summed E-state index contributed by atoms with van der Waals surface area (Å²) < 4.78 is 66.8. The van der Waals surface area contributed by atoms with Crippen LogP contribution >= 0.6 is 0 Å². The van der Waals surface area contributed by atoms with Gasteiger partial charge in [-0.25, -0.2) is 13.6 Å². The van der Waals surface area contributed by atoms with Crippen LogP contribution in [0.3, 0.4) is 0 Å². The lowest BCUT2D eigenvalue weighted by atomic mass is 10.2. The third kappa shape index (κ3) is 2.24. The molecule has 0 saturated heterocycles. The molecule has 3 rings (SSSR count). The predicted octanol–water partition coefficient (Wildman–Crippen LogP) is 2.25. The summed E-state index contributed by atoms with van der Waals surface area (Å²) in [5, 5.41) is 3.14. The molecule has 22 heavy (non-hydrogen) atoms. The van der Waals surface area contributed by atoms with Gasteiger partial charge in [0.1, 0.15) is 11.5 Å². The number of aromatic nitrogens is 3. The normalized spacial score (nSPS) is 15.3. The summed E-state index contributed by atoms with van der Waals surface area (Å²) in [4.78, 5) is 12.1. The zero-order valence-corrected chi connectivity index (χ0v) is 10.9. The van der Waals surface area contributed by atoms with Crippen molar-refractivity contribution in [1.29, 1.82) is 0 Å². The average molecular weight is 320 g/mol. The van der Waals surface area contributed by atoms with E-state index >= 15 is 0 Å². The van der Waals surface area contributed by atoms with E-state index in [4.69, 9.17) is 5.73 Å². The third-order valence-corrected chi connectivity index (χ3v) is 3.27. The van der Waals surface area contributed by atoms with Gasteiger partial charge in [-0.15, -0.1) is 5.10 Å². The van der Waals surface area contributed by atoms with Crippen LogP contribution in [0.2, 0.25) is 0 Å². The fourth-order valence-corrected chi connectivity index (χ4v) is 2.10. The highest BCUT2D eigenvalue weighted by atomic mass is 19.4. The van der Waals surface area contributed by atoms with Crippen molar-refractivity contribution in [2.45, 2.75) is 25.1 Å². The Balaban J connectivity index is 2.25. The van der Waals surface area contributed by atoms with Crippen LogP contribution in [0, 0.1) is 11.6 Å². The molecule has 2 N–H and O–H groups in total. The van der Waals surface area contributed by atoms with Gasteiger partial charge in [-0.1, -0.05) is 0 Å². The van der Waals surface area contributed by atoms with Crippen LogP contribution < -0.4 is 11.4 Å². The molecule has 2 aromatic rings. The van der Waals surface area contributed by atoms with Gasteiger partial charge in [-0.05, 0) is 12.8 Å². The number of hydrogen-bond acceptors (Lipinski definition) is 3. The van der Waals surface area contributed by atoms with Crippen LogP contribution in [-0.2, 0) is 6.18 Å². The number of nitrogens with two attached hydrogens (primary N) is 1. The molecule has 0 radical (unpaired) electrons. The number of nitrogen functional groups attached to an aromatic ring is 1. The number of rotatable bonds is 2. The van der Waals surface area contributed by atoms with Crippen LogP contribution in [0.5, 0.6) is 0 Å². The average Bonchev–Trinajstić information content (AvgIpc) is 3.17. The Kier molecular flexibility index (Phi) is 3.01. The molecule has 1 aromatic carbocycles. The topological polar surface area (TPSA) is 65.8 Å². The Morgan fingerprint density at radius 2 is 1.82 bits per heavy atom. The Morgan fingerprint density at radius 3 is 2.36 bits per heavy atom. The van der Waals surface area contributed by atoms with E-state index in [9.17, 15) is 26.7 Å². The third-order valence-electron chi connectivity index (χ3n) is 3.27. The molecule has 1 heterocycles. The van der Waals surface area contributed by atoms with Gasteiger partial charge in [0.15, 0.2) is 5.82 Å². The summed E-state index contributed by atoms with van der Waals surface area (Å²) in [6.45, 7) is 0. The second-order valence-electron chi connectivity index (χ2n) is 4.94. The predicted molar refractivity (Wildman–Crippen MR) is 65.4 cm³/mol. The summed E-state index contributed by atoms with van der Waals surface area (Å²) in [5.74, 6) is -3.63. The molecular weight excluding hydrogens is 311 g/mol. The molecule has 1 fully saturated rings. The number of anilines is 1. The first kappa shape index (κ1) is 14.5. The maximum Gasteiger partial charge on any atom is 0.451 e. The van der Waals surface area contributed by atoms with Crippen molar-refractivity contribution >= 4 is 5.69 Å². The van der Waals surface area contributed by atoms with Crippen LogP contribution in [-0.4, -0.2) is 14.3 Å². The Morgan fingerprint density at radius 1 is 1.18 bits per heavy atom. The van der Waals surface area contributed by atoms with Crippen molar-refractivity contribution in [2.75, 3.05) is 5.73 Å². The van der Waals surface area contributed by atoms with E-state index < -0.39 is 46.7 Å². The lowest BCUT2D eigenvalue weighted by molar-refractivity contribution is -0.147. The van der Waals surface area contributed by atoms with Crippen molar-refractivity contribution in [3.05, 3.63) is 40.1 Å². The van der Waals surface area contributed by atoms with E-state index in [1.165, 1.54) is 0 Å². The van der Waals surface area contributed by atoms with Gasteiger partial charge < -0.3 is 5.73 Å². The summed E-state index contributed by atoms with van der Waals surface area (Å²) in [6, 6.07) is 0.497. The zero-order chi connectivity index (χ0) is 16.2. The number of alkyl halides is 3. The van der Waals surface area contributed by atoms with E-state index in [2.05, 4.69) is 5.10 Å². The highest BCUT2D eigenvalue weighted by Gasteiger charge is 2.43. The SMILES string of the molecule is Nc1cc(F)c(-n2nc(C(F)(F)F)n(C3CC3)c2=O)cc1F. The van der Waals surface area contributed by atoms with Crippen LogP contribution in [0.1, 0.15) is 24.7 Å². The minimum Gasteiger partial charge on any atom is -0.396 e. The van der Waals surface area contributed by atoms with E-state index in [-0.39, 0.29) is 4.68 Å². The highest BCUT2D eigenvalue weighted by molar-refractivity contribution is 5.47. The van der Waals surface area contributed by atoms with Gasteiger partial charge in [0, 0.05) is 18.2 Å². The first-order chi connectivity index (χ1) is 10.2. The van der Waals surface area contributed by atoms with Gasteiger partial charge in [0.05, 0.1) is 5.69 Å². The van der Waals surface area contributed by atoms with Crippen LogP contribution in [0.4, 0.5) is 27.6 Å². The van der Waals surface area contributed by atoms with Gasteiger partial charge in [0.25, 0.3) is 0 Å². The van der Waals surface area contributed by atoms with Gasteiger partial charge in [0.2, 0.25) is 5.82 Å². The number of hydrogen-bond donors (Lipinski definition) is 1. The highest BCUT2D eigenvalue weighted by Crippen LogP contribution is 2.38. The molecule has 1 aromatic heterocycles. The number of halogens is 5. The molecule has 118 valence electrons. The van der Waals surface area contributed by atoms with Crippen LogP contribution in [0.15, 0.2) is 16.9 Å². The molecular formula is C12H9F5N4O. The number of nitrogens with zero attached hydrogens (tertiary/aromatic N) is 3. The van der Waals surface area contributed by atoms with E-state index in [1.54, 1.807) is 0 Å². The molecule has 0 aliphatic heterocycles. The van der Waals surface area contributed by atoms with E-state index in [0.717, 1.165) is 0 Å². The summed E-state index contributed by atoms with van der Waals surface area (Å²) >= 11 is 0. The lowest BCUT2D eigenvalue weighted by Gasteiger charge is -2.05. The molecule has 1 aliphatic rings. The summed E-state index contributed by atoms with van der Waals surface area (Å²) in [6.07, 6.45) is -4.09. The molecule has 0 spiro atoms. The molecule has 0 unspecified atom stereocenters. The van der Waals surface area contributed by atoms with Gasteiger partial charge >= 0.3 is 11.9 Å². The first-order valence-corrected chi connectivity index (χ1v) is 6.24. The molecule has 0 amide bonds. The smallest absolute Gasteiger partial charge is 0.396 e. The second kappa shape index (κ2) is 4.55. The fraction of sp³-hybridized carbons (Fsp3) is 0.333. The monoisotopic (exact) mass is 320 g/mol. The lowest BCUT2D eigenvalue weighted by Crippen LogP contribution is -2.26. The largest absolute Gasteiger partial charge is 0.451 e. The Labute approximate surface area is 119 Å². The maximum atomic E-state index is 13.8. The van der Waals surface area contributed by atoms with Crippen LogP contribution in [0.25, 0.3) is 5.69 Å². The quantitative estimate of drug-likeness (QED) is 0.682. The fourth-order valence-electron chi connectivity index (χ4n) is 2.10. The molecule has 1 aliphatic carbocycles. The Bertz CT molecular complexity index is 803. The van der Waals surface area contributed by atoms with Crippen molar-refractivity contribution in [2.24, 2.45) is 0 Å². The van der Waals surface area contributed by atoms with Crippen molar-refractivity contribution < 1.29 is 22.0 Å². The van der Waals surface area contributed by atoms with E-state index in [0.29, 0.717) is 29.5 Å². The van der Waals surface area contributed by atoms with Crippen molar-refractivity contribution in [3.8, 4) is 5.69 Å². The Hall–Kier alpha value is -2.39. The van der Waals surface area contributed by atoms with Crippen molar-refractivity contribution in [3.63, 3.8) is 0 Å². The minimum atomic E-state index is -4.88. The standard InChI is InChI=1S/C12H9F5N4O/c13-6-4-9(7(14)3-8(6)18)21-11(22)20(5-1-2-5)10(19-21)12(15,16)17/h3-5H,1-2,18H2.